The minimum atomic E-state index is -0.206. The summed E-state index contributed by atoms with van der Waals surface area (Å²) in [5, 5.41) is 9.09. The number of hydrogen-bond acceptors (Lipinski definition) is 3. The summed E-state index contributed by atoms with van der Waals surface area (Å²) >= 11 is 4.95. The van der Waals surface area contributed by atoms with Crippen LogP contribution < -0.4 is 5.69 Å². The van der Waals surface area contributed by atoms with Crippen molar-refractivity contribution in [2.45, 2.75) is 13.0 Å². The number of H-pyrrole nitrogens is 2. The maximum Gasteiger partial charge on any atom is 0.342 e. The fourth-order valence-electron chi connectivity index (χ4n) is 1.41. The van der Waals surface area contributed by atoms with E-state index in [0.717, 1.165) is 12.1 Å². The van der Waals surface area contributed by atoms with Crippen molar-refractivity contribution in [3.8, 4) is 0 Å². The van der Waals surface area contributed by atoms with Gasteiger partial charge in [-0.05, 0) is 18.3 Å². The van der Waals surface area contributed by atoms with Crippen LogP contribution >= 0.6 is 12.2 Å². The van der Waals surface area contributed by atoms with Crippen LogP contribution in [0.4, 0.5) is 0 Å². The van der Waals surface area contributed by atoms with Gasteiger partial charge in [-0.1, -0.05) is 0 Å². The first-order valence-electron chi connectivity index (χ1n) is 4.53. The summed E-state index contributed by atoms with van der Waals surface area (Å²) in [7, 11) is 1.87. The lowest BCUT2D eigenvalue weighted by molar-refractivity contribution is 0.618. The van der Waals surface area contributed by atoms with E-state index in [1.54, 1.807) is 10.9 Å². The van der Waals surface area contributed by atoms with Gasteiger partial charge in [0.05, 0.1) is 0 Å². The van der Waals surface area contributed by atoms with Crippen molar-refractivity contribution in [3.63, 3.8) is 0 Å². The molecule has 2 aromatic rings. The lowest BCUT2D eigenvalue weighted by atomic mass is 10.3. The van der Waals surface area contributed by atoms with Gasteiger partial charge in [0.15, 0.2) is 4.77 Å². The van der Waals surface area contributed by atoms with Crippen molar-refractivity contribution >= 4 is 12.2 Å². The van der Waals surface area contributed by atoms with Crippen molar-refractivity contribution in [1.29, 1.82) is 0 Å². The Bertz CT molecular complexity index is 532. The van der Waals surface area contributed by atoms with Crippen LogP contribution in [0.2, 0.25) is 0 Å². The van der Waals surface area contributed by atoms with Gasteiger partial charge in [-0.2, -0.15) is 5.10 Å². The molecule has 0 bridgehead atoms. The molecule has 80 valence electrons. The van der Waals surface area contributed by atoms with Crippen molar-refractivity contribution in [2.75, 3.05) is 0 Å². The lowest BCUT2D eigenvalue weighted by Crippen LogP contribution is -2.18. The first-order valence-corrected chi connectivity index (χ1v) is 4.93. The molecule has 0 aliphatic rings. The SMILES string of the molecule is Cn1nccc1CCn1c(=O)[nH][nH]c1=S. The van der Waals surface area contributed by atoms with Gasteiger partial charge in [-0.25, -0.2) is 9.89 Å². The Morgan fingerprint density at radius 2 is 2.33 bits per heavy atom. The first kappa shape index (κ1) is 9.91. The molecule has 0 radical (unpaired) electrons. The monoisotopic (exact) mass is 225 g/mol. The zero-order valence-electron chi connectivity index (χ0n) is 8.23. The van der Waals surface area contributed by atoms with E-state index in [9.17, 15) is 4.79 Å². The van der Waals surface area contributed by atoms with Crippen LogP contribution in [0.25, 0.3) is 0 Å². The molecule has 0 aromatic carbocycles. The van der Waals surface area contributed by atoms with Crippen LogP contribution in [0, 0.1) is 4.77 Å². The summed E-state index contributed by atoms with van der Waals surface area (Å²) in [6.45, 7) is 0.553. The van der Waals surface area contributed by atoms with Gasteiger partial charge in [0.25, 0.3) is 0 Å². The highest BCUT2D eigenvalue weighted by Gasteiger charge is 2.02. The second-order valence-electron chi connectivity index (χ2n) is 3.21. The Kier molecular flexibility index (Phi) is 2.55. The molecule has 0 amide bonds. The van der Waals surface area contributed by atoms with E-state index in [2.05, 4.69) is 15.3 Å². The van der Waals surface area contributed by atoms with Gasteiger partial charge in [0, 0.05) is 31.9 Å². The number of rotatable bonds is 3. The number of nitrogens with one attached hydrogen (secondary N) is 2. The second kappa shape index (κ2) is 3.85. The van der Waals surface area contributed by atoms with Crippen LogP contribution in [-0.2, 0) is 20.0 Å². The van der Waals surface area contributed by atoms with Crippen molar-refractivity contribution in [3.05, 3.63) is 33.2 Å². The van der Waals surface area contributed by atoms with Gasteiger partial charge >= 0.3 is 5.69 Å². The van der Waals surface area contributed by atoms with E-state index in [4.69, 9.17) is 12.2 Å². The molecule has 0 aliphatic carbocycles. The molecule has 6 nitrogen and oxygen atoms in total. The Morgan fingerprint density at radius 1 is 1.53 bits per heavy atom. The number of aromatic amines is 2. The Labute approximate surface area is 90.5 Å². The maximum atomic E-state index is 11.3. The minimum absolute atomic E-state index is 0.206. The second-order valence-corrected chi connectivity index (χ2v) is 3.59. The smallest absolute Gasteiger partial charge is 0.273 e. The summed E-state index contributed by atoms with van der Waals surface area (Å²) in [5.41, 5.74) is 0.861. The van der Waals surface area contributed by atoms with Crippen molar-refractivity contribution in [2.24, 2.45) is 7.05 Å². The van der Waals surface area contributed by atoms with Gasteiger partial charge in [-0.3, -0.25) is 14.3 Å². The van der Waals surface area contributed by atoms with Gasteiger partial charge < -0.3 is 0 Å². The normalized spacial score (nSPS) is 10.7. The quantitative estimate of drug-likeness (QED) is 0.733. The molecule has 0 atom stereocenters. The molecular weight excluding hydrogens is 214 g/mol. The molecule has 0 unspecified atom stereocenters. The lowest BCUT2D eigenvalue weighted by Gasteiger charge is -2.01. The Morgan fingerprint density at radius 3 is 2.87 bits per heavy atom. The molecule has 0 spiro atoms. The average molecular weight is 225 g/mol. The summed E-state index contributed by atoms with van der Waals surface area (Å²) in [4.78, 5) is 11.3. The largest absolute Gasteiger partial charge is 0.342 e. The predicted octanol–water partition coefficient (Wildman–Crippen LogP) is 0.210. The molecule has 2 heterocycles. The number of aromatic nitrogens is 5. The summed E-state index contributed by atoms with van der Waals surface area (Å²) in [6, 6.07) is 1.92. The molecule has 15 heavy (non-hydrogen) atoms. The zero-order chi connectivity index (χ0) is 10.8. The van der Waals surface area contributed by atoms with Crippen LogP contribution in [0.1, 0.15) is 5.69 Å². The Balaban J connectivity index is 2.15. The minimum Gasteiger partial charge on any atom is -0.273 e. The van der Waals surface area contributed by atoms with E-state index in [1.807, 2.05) is 13.1 Å². The molecule has 0 aliphatic heterocycles. The highest BCUT2D eigenvalue weighted by molar-refractivity contribution is 7.71. The van der Waals surface area contributed by atoms with Gasteiger partial charge in [-0.15, -0.1) is 0 Å². The van der Waals surface area contributed by atoms with Crippen LogP contribution in [-0.4, -0.2) is 24.5 Å². The molecule has 0 fully saturated rings. The highest BCUT2D eigenvalue weighted by atomic mass is 32.1. The molecule has 2 aromatic heterocycles. The molecule has 2 rings (SSSR count). The Hall–Kier alpha value is -1.63. The first-order chi connectivity index (χ1) is 7.18. The maximum absolute atomic E-state index is 11.3. The van der Waals surface area contributed by atoms with Crippen LogP contribution in [0.3, 0.4) is 0 Å². The van der Waals surface area contributed by atoms with Crippen molar-refractivity contribution in [1.82, 2.24) is 24.5 Å². The van der Waals surface area contributed by atoms with Gasteiger partial charge in [0.2, 0.25) is 0 Å². The topological polar surface area (TPSA) is 71.4 Å². The average Bonchev–Trinajstić information content (AvgIpc) is 2.73. The summed E-state index contributed by atoms with van der Waals surface area (Å²) in [6.07, 6.45) is 2.46. The van der Waals surface area contributed by atoms with E-state index in [-0.39, 0.29) is 5.69 Å². The molecule has 0 saturated carbocycles. The zero-order valence-corrected chi connectivity index (χ0v) is 9.04. The van der Waals surface area contributed by atoms with E-state index in [1.165, 1.54) is 4.57 Å². The molecule has 0 saturated heterocycles. The number of hydrogen-bond donors (Lipinski definition) is 2. The van der Waals surface area contributed by atoms with Gasteiger partial charge in [0.1, 0.15) is 0 Å². The molecule has 2 N–H and O–H groups in total. The number of aryl methyl sites for hydroxylation is 2. The fraction of sp³-hybridized carbons (Fsp3) is 0.375. The van der Waals surface area contributed by atoms with Crippen LogP contribution in [0.15, 0.2) is 17.1 Å². The fourth-order valence-corrected chi connectivity index (χ4v) is 1.64. The van der Waals surface area contributed by atoms with E-state index >= 15 is 0 Å². The molecule has 7 heteroatoms. The van der Waals surface area contributed by atoms with Crippen LogP contribution in [0.5, 0.6) is 0 Å². The third-order valence-electron chi connectivity index (χ3n) is 2.28. The standard InChI is InChI=1S/C8H11N5OS/c1-12-6(2-4-9-12)3-5-13-7(14)10-11-8(13)15/h2,4H,3,5H2,1H3,(H,10,14)(H,11,15). The highest BCUT2D eigenvalue weighted by Crippen LogP contribution is 1.98. The number of nitrogens with zero attached hydrogens (tertiary/aromatic N) is 3. The van der Waals surface area contributed by atoms with Crippen molar-refractivity contribution < 1.29 is 0 Å². The summed E-state index contributed by atoms with van der Waals surface area (Å²) < 4.78 is 3.69. The van der Waals surface area contributed by atoms with E-state index in [0.29, 0.717) is 11.3 Å². The molecular formula is C8H11N5OS. The third kappa shape index (κ3) is 1.91. The summed E-state index contributed by atoms with van der Waals surface area (Å²) in [5.74, 6) is 0. The third-order valence-corrected chi connectivity index (χ3v) is 2.60. The van der Waals surface area contributed by atoms with E-state index < -0.39 is 0 Å². The predicted molar refractivity (Wildman–Crippen MR) is 57.1 cm³/mol.